The number of aliphatic hydroxyl groups is 1. The number of aliphatic hydroxyl groups excluding tert-OH is 1. The fourth-order valence-electron chi connectivity index (χ4n) is 1.10. The van der Waals surface area contributed by atoms with Crippen molar-refractivity contribution in [2.45, 2.75) is 20.0 Å². The maximum atomic E-state index is 8.86. The van der Waals surface area contributed by atoms with Gasteiger partial charge in [-0.3, -0.25) is 0 Å². The van der Waals surface area contributed by atoms with Gasteiger partial charge in [0.2, 0.25) is 0 Å². The first-order chi connectivity index (χ1) is 6.33. The Morgan fingerprint density at radius 2 is 2.38 bits per heavy atom. The van der Waals surface area contributed by atoms with Gasteiger partial charge in [-0.05, 0) is 0 Å². The normalized spacial score (nSPS) is 10.9. The van der Waals surface area contributed by atoms with Gasteiger partial charge in [0.25, 0.3) is 5.78 Å². The van der Waals surface area contributed by atoms with Crippen LogP contribution in [0.3, 0.4) is 0 Å². The summed E-state index contributed by atoms with van der Waals surface area (Å²) < 4.78 is 1.59. The number of fused-ring (bicyclic) bond motifs is 1. The first kappa shape index (κ1) is 8.12. The third kappa shape index (κ3) is 1.38. The topological polar surface area (TPSA) is 63.3 Å². The Labute approximate surface area is 75.1 Å². The van der Waals surface area contributed by atoms with Crippen molar-refractivity contribution in [3.63, 3.8) is 0 Å². The molecule has 13 heavy (non-hydrogen) atoms. The molecule has 68 valence electrons. The predicted molar refractivity (Wildman–Crippen MR) is 46.1 cm³/mol. The lowest BCUT2D eigenvalue weighted by Crippen LogP contribution is -1.94. The van der Waals surface area contributed by atoms with Crippen LogP contribution in [0.25, 0.3) is 5.78 Å². The second kappa shape index (κ2) is 3.10. The summed E-state index contributed by atoms with van der Waals surface area (Å²) in [5.74, 6) is 1.34. The largest absolute Gasteiger partial charge is 0.392 e. The van der Waals surface area contributed by atoms with E-state index in [1.165, 1.54) is 0 Å². The highest BCUT2D eigenvalue weighted by molar-refractivity contribution is 5.27. The molecule has 0 unspecified atom stereocenters. The minimum Gasteiger partial charge on any atom is -0.392 e. The molecule has 5 nitrogen and oxygen atoms in total. The zero-order valence-corrected chi connectivity index (χ0v) is 7.30. The monoisotopic (exact) mass is 178 g/mol. The minimum atomic E-state index is -0.0236. The van der Waals surface area contributed by atoms with Gasteiger partial charge in [0.15, 0.2) is 5.82 Å². The number of nitrogens with zero attached hydrogens (tertiary/aromatic N) is 4. The van der Waals surface area contributed by atoms with Crippen LogP contribution >= 0.6 is 0 Å². The van der Waals surface area contributed by atoms with E-state index in [1.807, 2.05) is 6.92 Å². The molecule has 2 heterocycles. The standard InChI is InChI=1S/C8H10N4O/c1-2-7-10-8-9-3-6(5-13)4-12(8)11-7/h3-4,13H,2,5H2,1H3. The molecule has 0 aliphatic heterocycles. The Morgan fingerprint density at radius 1 is 1.54 bits per heavy atom. The molecule has 0 atom stereocenters. The lowest BCUT2D eigenvalue weighted by molar-refractivity contribution is 0.280. The van der Waals surface area contributed by atoms with E-state index in [0.29, 0.717) is 5.78 Å². The van der Waals surface area contributed by atoms with Crippen LogP contribution in [-0.2, 0) is 13.0 Å². The Balaban J connectivity index is 2.57. The summed E-state index contributed by atoms with van der Waals surface area (Å²) >= 11 is 0. The van der Waals surface area contributed by atoms with Crippen LogP contribution in [0.15, 0.2) is 12.4 Å². The molecule has 2 aromatic heterocycles. The highest BCUT2D eigenvalue weighted by atomic mass is 16.3. The highest BCUT2D eigenvalue weighted by Gasteiger charge is 2.02. The van der Waals surface area contributed by atoms with Crippen LogP contribution in [0, 0.1) is 0 Å². The summed E-state index contributed by atoms with van der Waals surface area (Å²) in [6.45, 7) is 1.96. The Morgan fingerprint density at radius 3 is 3.08 bits per heavy atom. The van der Waals surface area contributed by atoms with Gasteiger partial charge in [0.05, 0.1) is 6.61 Å². The zero-order chi connectivity index (χ0) is 9.26. The Hall–Kier alpha value is -1.49. The van der Waals surface area contributed by atoms with Crippen molar-refractivity contribution in [3.05, 3.63) is 23.8 Å². The summed E-state index contributed by atoms with van der Waals surface area (Å²) in [6, 6.07) is 0. The number of hydrogen-bond acceptors (Lipinski definition) is 4. The summed E-state index contributed by atoms with van der Waals surface area (Å²) in [7, 11) is 0. The average molecular weight is 178 g/mol. The molecule has 0 radical (unpaired) electrons. The van der Waals surface area contributed by atoms with Gasteiger partial charge >= 0.3 is 0 Å². The maximum Gasteiger partial charge on any atom is 0.252 e. The van der Waals surface area contributed by atoms with E-state index >= 15 is 0 Å². The van der Waals surface area contributed by atoms with Crippen LogP contribution in [0.1, 0.15) is 18.3 Å². The van der Waals surface area contributed by atoms with Gasteiger partial charge in [-0.25, -0.2) is 9.50 Å². The van der Waals surface area contributed by atoms with Gasteiger partial charge in [-0.15, -0.1) is 5.10 Å². The molecule has 5 heteroatoms. The van der Waals surface area contributed by atoms with Crippen molar-refractivity contribution in [1.82, 2.24) is 19.6 Å². The SMILES string of the molecule is CCc1nc2ncc(CO)cn2n1. The summed E-state index contributed by atoms with van der Waals surface area (Å²) in [5, 5.41) is 13.0. The van der Waals surface area contributed by atoms with E-state index in [1.54, 1.807) is 16.9 Å². The van der Waals surface area contributed by atoms with Crippen molar-refractivity contribution in [3.8, 4) is 0 Å². The lowest BCUT2D eigenvalue weighted by Gasteiger charge is -1.93. The Bertz CT molecular complexity index is 421. The second-order valence-electron chi connectivity index (χ2n) is 2.75. The number of aryl methyl sites for hydroxylation is 1. The third-order valence-electron chi connectivity index (χ3n) is 1.79. The second-order valence-corrected chi connectivity index (χ2v) is 2.75. The lowest BCUT2D eigenvalue weighted by atomic mass is 10.4. The average Bonchev–Trinajstić information content (AvgIpc) is 2.58. The molecular formula is C8H10N4O. The molecule has 0 aliphatic rings. The molecule has 0 aliphatic carbocycles. The van der Waals surface area contributed by atoms with Crippen molar-refractivity contribution < 1.29 is 5.11 Å². The summed E-state index contributed by atoms with van der Waals surface area (Å²) in [6.07, 6.45) is 4.12. The molecule has 0 bridgehead atoms. The van der Waals surface area contributed by atoms with Crippen LogP contribution in [0.2, 0.25) is 0 Å². The van der Waals surface area contributed by atoms with Crippen molar-refractivity contribution in [2.24, 2.45) is 0 Å². The summed E-state index contributed by atoms with van der Waals surface area (Å²) in [4.78, 5) is 8.22. The van der Waals surface area contributed by atoms with E-state index < -0.39 is 0 Å². The maximum absolute atomic E-state index is 8.86. The van der Waals surface area contributed by atoms with Gasteiger partial charge in [0.1, 0.15) is 0 Å². The molecule has 1 N–H and O–H groups in total. The van der Waals surface area contributed by atoms with E-state index in [0.717, 1.165) is 17.8 Å². The molecule has 0 saturated heterocycles. The van der Waals surface area contributed by atoms with Gasteiger partial charge in [-0.1, -0.05) is 6.92 Å². The molecule has 2 rings (SSSR count). The highest BCUT2D eigenvalue weighted by Crippen LogP contribution is 2.01. The van der Waals surface area contributed by atoms with Crippen molar-refractivity contribution in [1.29, 1.82) is 0 Å². The number of aromatic nitrogens is 4. The molecule has 2 aromatic rings. The van der Waals surface area contributed by atoms with E-state index in [4.69, 9.17) is 5.11 Å². The van der Waals surface area contributed by atoms with E-state index in [-0.39, 0.29) is 6.61 Å². The molecular weight excluding hydrogens is 168 g/mol. The number of hydrogen-bond donors (Lipinski definition) is 1. The summed E-state index contributed by atoms with van der Waals surface area (Å²) in [5.41, 5.74) is 0.736. The van der Waals surface area contributed by atoms with E-state index in [2.05, 4.69) is 15.1 Å². The third-order valence-corrected chi connectivity index (χ3v) is 1.79. The first-order valence-electron chi connectivity index (χ1n) is 4.14. The van der Waals surface area contributed by atoms with Crippen molar-refractivity contribution >= 4 is 5.78 Å². The van der Waals surface area contributed by atoms with E-state index in [9.17, 15) is 0 Å². The fraction of sp³-hybridized carbons (Fsp3) is 0.375. The van der Waals surface area contributed by atoms with Crippen LogP contribution in [0.5, 0.6) is 0 Å². The molecule has 0 spiro atoms. The van der Waals surface area contributed by atoms with Crippen LogP contribution < -0.4 is 0 Å². The molecule has 0 fully saturated rings. The van der Waals surface area contributed by atoms with Crippen LogP contribution in [-0.4, -0.2) is 24.7 Å². The molecule has 0 amide bonds. The smallest absolute Gasteiger partial charge is 0.252 e. The van der Waals surface area contributed by atoms with Crippen LogP contribution in [0.4, 0.5) is 0 Å². The predicted octanol–water partition coefficient (Wildman–Crippen LogP) is 0.179. The van der Waals surface area contributed by atoms with Gasteiger partial charge < -0.3 is 5.11 Å². The Kier molecular flexibility index (Phi) is 1.94. The number of rotatable bonds is 2. The van der Waals surface area contributed by atoms with Gasteiger partial charge in [0, 0.05) is 24.4 Å². The quantitative estimate of drug-likeness (QED) is 0.712. The fourth-order valence-corrected chi connectivity index (χ4v) is 1.10. The zero-order valence-electron chi connectivity index (χ0n) is 7.30. The molecule has 0 aromatic carbocycles. The molecule has 0 saturated carbocycles. The first-order valence-corrected chi connectivity index (χ1v) is 4.14. The van der Waals surface area contributed by atoms with Crippen molar-refractivity contribution in [2.75, 3.05) is 0 Å². The minimum absolute atomic E-state index is 0.0236. The van der Waals surface area contributed by atoms with Gasteiger partial charge in [-0.2, -0.15) is 4.98 Å².